The largest absolute Gasteiger partial charge is 0.508 e. The van der Waals surface area contributed by atoms with Gasteiger partial charge >= 0.3 is 0 Å². The van der Waals surface area contributed by atoms with Crippen LogP contribution in [0.3, 0.4) is 0 Å². The number of hydrogen-bond donors (Lipinski definition) is 1. The van der Waals surface area contributed by atoms with Crippen LogP contribution in [0, 0.1) is 6.92 Å². The van der Waals surface area contributed by atoms with Crippen molar-refractivity contribution in [3.05, 3.63) is 28.8 Å². The van der Waals surface area contributed by atoms with Crippen LogP contribution in [0.2, 0.25) is 0 Å². The summed E-state index contributed by atoms with van der Waals surface area (Å²) >= 11 is 0. The summed E-state index contributed by atoms with van der Waals surface area (Å²) in [5.74, 6) is 0.914. The molecule has 0 aromatic heterocycles. The lowest BCUT2D eigenvalue weighted by molar-refractivity contribution is 0.384. The van der Waals surface area contributed by atoms with Gasteiger partial charge in [0.25, 0.3) is 0 Å². The SMILES string of the molecule is CC.Cc1c(C(C)C)ccc(O)c1CN(C)C. The number of hydrogen-bond acceptors (Lipinski definition) is 2. The molecule has 1 rings (SSSR count). The fourth-order valence-corrected chi connectivity index (χ4v) is 1.90. The van der Waals surface area contributed by atoms with Crippen LogP contribution < -0.4 is 0 Å². The van der Waals surface area contributed by atoms with Crippen LogP contribution in [-0.4, -0.2) is 24.1 Å². The molecule has 0 aliphatic carbocycles. The number of benzene rings is 1. The van der Waals surface area contributed by atoms with E-state index in [9.17, 15) is 5.11 Å². The molecule has 0 radical (unpaired) electrons. The summed E-state index contributed by atoms with van der Waals surface area (Å²) in [6, 6.07) is 3.83. The Hall–Kier alpha value is -1.02. The molecule has 1 aromatic rings. The van der Waals surface area contributed by atoms with Gasteiger partial charge in [-0.2, -0.15) is 0 Å². The summed E-state index contributed by atoms with van der Waals surface area (Å²) in [5, 5.41) is 9.82. The highest BCUT2D eigenvalue weighted by molar-refractivity contribution is 5.44. The van der Waals surface area contributed by atoms with Crippen molar-refractivity contribution in [2.45, 2.75) is 47.1 Å². The van der Waals surface area contributed by atoms with E-state index < -0.39 is 0 Å². The first-order valence-corrected chi connectivity index (χ1v) is 6.39. The second-order valence-electron chi connectivity index (χ2n) is 4.67. The van der Waals surface area contributed by atoms with E-state index in [-0.39, 0.29) is 0 Å². The minimum Gasteiger partial charge on any atom is -0.508 e. The number of phenolic OH excluding ortho intramolecular Hbond substituents is 1. The maximum absolute atomic E-state index is 9.82. The van der Waals surface area contributed by atoms with E-state index in [0.29, 0.717) is 11.7 Å². The molecule has 0 saturated carbocycles. The highest BCUT2D eigenvalue weighted by Crippen LogP contribution is 2.29. The van der Waals surface area contributed by atoms with Crippen LogP contribution >= 0.6 is 0 Å². The summed E-state index contributed by atoms with van der Waals surface area (Å²) in [6.45, 7) is 11.2. The normalized spacial score (nSPS) is 10.4. The predicted molar refractivity (Wildman–Crippen MR) is 75.7 cm³/mol. The van der Waals surface area contributed by atoms with Gasteiger partial charge in [-0.1, -0.05) is 33.8 Å². The zero-order valence-electron chi connectivity index (χ0n) is 12.3. The van der Waals surface area contributed by atoms with Gasteiger partial charge in [0, 0.05) is 12.1 Å². The van der Waals surface area contributed by atoms with Gasteiger partial charge in [0.05, 0.1) is 0 Å². The van der Waals surface area contributed by atoms with Gasteiger partial charge in [-0.25, -0.2) is 0 Å². The number of aromatic hydroxyl groups is 1. The van der Waals surface area contributed by atoms with Crippen molar-refractivity contribution in [1.29, 1.82) is 0 Å². The Bertz CT molecular complexity index is 343. The average molecular weight is 237 g/mol. The third-order valence-corrected chi connectivity index (χ3v) is 2.71. The van der Waals surface area contributed by atoms with E-state index in [0.717, 1.165) is 12.1 Å². The smallest absolute Gasteiger partial charge is 0.120 e. The Labute approximate surface area is 106 Å². The molecule has 17 heavy (non-hydrogen) atoms. The van der Waals surface area contributed by atoms with Crippen LogP contribution in [0.1, 0.15) is 50.3 Å². The summed E-state index contributed by atoms with van der Waals surface area (Å²) in [6.07, 6.45) is 0. The standard InChI is InChI=1S/C13H21NO.C2H6/c1-9(2)11-6-7-13(15)12(10(11)3)8-14(4)5;1-2/h6-7,9,15H,8H2,1-5H3;1-2H3. The molecule has 0 heterocycles. The topological polar surface area (TPSA) is 23.5 Å². The van der Waals surface area contributed by atoms with E-state index >= 15 is 0 Å². The van der Waals surface area contributed by atoms with Crippen molar-refractivity contribution in [2.75, 3.05) is 14.1 Å². The van der Waals surface area contributed by atoms with Crippen molar-refractivity contribution >= 4 is 0 Å². The summed E-state index contributed by atoms with van der Waals surface area (Å²) in [4.78, 5) is 2.08. The molecule has 0 bridgehead atoms. The minimum absolute atomic E-state index is 0.408. The highest BCUT2D eigenvalue weighted by atomic mass is 16.3. The predicted octanol–water partition coefficient (Wildman–Crippen LogP) is 3.91. The van der Waals surface area contributed by atoms with Crippen LogP contribution in [0.4, 0.5) is 0 Å². The molecule has 0 fully saturated rings. The lowest BCUT2D eigenvalue weighted by Crippen LogP contribution is -2.12. The van der Waals surface area contributed by atoms with Crippen LogP contribution in [0.15, 0.2) is 12.1 Å². The lowest BCUT2D eigenvalue weighted by Gasteiger charge is -2.18. The monoisotopic (exact) mass is 237 g/mol. The van der Waals surface area contributed by atoms with E-state index in [2.05, 4.69) is 25.7 Å². The second kappa shape index (κ2) is 7.33. The molecule has 0 aliphatic heterocycles. The maximum Gasteiger partial charge on any atom is 0.120 e. The van der Waals surface area contributed by atoms with Gasteiger partial charge in [0.15, 0.2) is 0 Å². The summed E-state index contributed by atoms with van der Waals surface area (Å²) in [7, 11) is 4.03. The van der Waals surface area contributed by atoms with Crippen molar-refractivity contribution in [1.82, 2.24) is 4.90 Å². The first-order valence-electron chi connectivity index (χ1n) is 6.39. The molecule has 0 amide bonds. The Morgan fingerprint density at radius 1 is 1.18 bits per heavy atom. The van der Waals surface area contributed by atoms with Crippen LogP contribution in [0.5, 0.6) is 5.75 Å². The second-order valence-corrected chi connectivity index (χ2v) is 4.67. The highest BCUT2D eigenvalue weighted by Gasteiger charge is 2.11. The molecule has 0 spiro atoms. The molecule has 0 unspecified atom stereocenters. The van der Waals surface area contributed by atoms with Crippen molar-refractivity contribution in [3.8, 4) is 5.75 Å². The quantitative estimate of drug-likeness (QED) is 0.861. The molecule has 2 nitrogen and oxygen atoms in total. The first-order chi connectivity index (χ1) is 7.93. The molecule has 0 atom stereocenters. The van der Waals surface area contributed by atoms with Crippen molar-refractivity contribution < 1.29 is 5.11 Å². The number of rotatable bonds is 3. The number of phenols is 1. The Kier molecular flexibility index (Phi) is 6.89. The van der Waals surface area contributed by atoms with Crippen LogP contribution in [-0.2, 0) is 6.54 Å². The molecule has 0 saturated heterocycles. The fourth-order valence-electron chi connectivity index (χ4n) is 1.90. The van der Waals surface area contributed by atoms with Gasteiger partial charge in [-0.3, -0.25) is 0 Å². The minimum atomic E-state index is 0.408. The van der Waals surface area contributed by atoms with Crippen molar-refractivity contribution in [2.24, 2.45) is 0 Å². The summed E-state index contributed by atoms with van der Waals surface area (Å²) in [5.41, 5.74) is 3.59. The van der Waals surface area contributed by atoms with E-state index in [1.807, 2.05) is 34.0 Å². The van der Waals surface area contributed by atoms with E-state index in [1.165, 1.54) is 11.1 Å². The Morgan fingerprint density at radius 2 is 1.71 bits per heavy atom. The fraction of sp³-hybridized carbons (Fsp3) is 0.600. The zero-order chi connectivity index (χ0) is 13.6. The van der Waals surface area contributed by atoms with Gasteiger partial charge in [-0.15, -0.1) is 0 Å². The third-order valence-electron chi connectivity index (χ3n) is 2.71. The molecular weight excluding hydrogens is 210 g/mol. The van der Waals surface area contributed by atoms with Gasteiger partial charge in [0.2, 0.25) is 0 Å². The third kappa shape index (κ3) is 4.39. The zero-order valence-corrected chi connectivity index (χ0v) is 12.3. The van der Waals surface area contributed by atoms with Gasteiger partial charge in [-0.05, 0) is 44.1 Å². The molecular formula is C15H27NO. The summed E-state index contributed by atoms with van der Waals surface area (Å²) < 4.78 is 0. The maximum atomic E-state index is 9.82. The van der Waals surface area contributed by atoms with E-state index in [1.54, 1.807) is 6.07 Å². The van der Waals surface area contributed by atoms with Gasteiger partial charge < -0.3 is 10.0 Å². The van der Waals surface area contributed by atoms with Crippen LogP contribution in [0.25, 0.3) is 0 Å². The molecule has 1 aromatic carbocycles. The molecule has 2 heteroatoms. The average Bonchev–Trinajstić information content (AvgIpc) is 2.26. The van der Waals surface area contributed by atoms with Gasteiger partial charge in [0.1, 0.15) is 5.75 Å². The lowest BCUT2D eigenvalue weighted by atomic mass is 9.93. The van der Waals surface area contributed by atoms with E-state index in [4.69, 9.17) is 0 Å². The Morgan fingerprint density at radius 3 is 2.12 bits per heavy atom. The molecule has 0 aliphatic rings. The first kappa shape index (κ1) is 16.0. The van der Waals surface area contributed by atoms with Crippen molar-refractivity contribution in [3.63, 3.8) is 0 Å². The number of nitrogens with zero attached hydrogens (tertiary/aromatic N) is 1. The Balaban J connectivity index is 0.00000121. The molecule has 1 N–H and O–H groups in total. The molecule has 98 valence electrons.